The van der Waals surface area contributed by atoms with E-state index in [0.29, 0.717) is 0 Å². The lowest BCUT2D eigenvalue weighted by Gasteiger charge is -2.20. The molecule has 2 nitrogen and oxygen atoms in total. The summed E-state index contributed by atoms with van der Waals surface area (Å²) in [5.41, 5.74) is 2.79. The largest absolute Gasteiger partial charge is 0.494 e. The zero-order chi connectivity index (χ0) is 15.0. The van der Waals surface area contributed by atoms with E-state index in [1.54, 1.807) is 0 Å². The first-order chi connectivity index (χ1) is 9.37. The smallest absolute Gasteiger partial charge is 0.119 e. The maximum atomic E-state index is 5.81. The number of rotatable bonds is 8. The van der Waals surface area contributed by atoms with Crippen LogP contribution in [0.3, 0.4) is 0 Å². The molecule has 1 N–H and O–H groups in total. The van der Waals surface area contributed by atoms with Gasteiger partial charge in [-0.3, -0.25) is 0 Å². The molecule has 20 heavy (non-hydrogen) atoms. The van der Waals surface area contributed by atoms with Gasteiger partial charge in [-0.25, -0.2) is 0 Å². The lowest BCUT2D eigenvalue weighted by atomic mass is 10.1. The third-order valence-corrected chi connectivity index (χ3v) is 3.19. The summed E-state index contributed by atoms with van der Waals surface area (Å²) in [6.07, 6.45) is 4.92. The fourth-order valence-electron chi connectivity index (χ4n) is 2.25. The van der Waals surface area contributed by atoms with Crippen molar-refractivity contribution < 1.29 is 4.74 Å². The van der Waals surface area contributed by atoms with E-state index >= 15 is 0 Å². The molecule has 0 radical (unpaired) electrons. The Morgan fingerprint density at radius 1 is 0.900 bits per heavy atom. The van der Waals surface area contributed by atoms with Gasteiger partial charge in [0.1, 0.15) is 5.75 Å². The molecule has 114 valence electrons. The van der Waals surface area contributed by atoms with E-state index in [1.807, 2.05) is 0 Å². The zero-order valence-corrected chi connectivity index (χ0v) is 13.9. The van der Waals surface area contributed by atoms with Crippen LogP contribution < -0.4 is 10.1 Å². The standard InChI is InChI=1S/C18H31NO/c1-15-12-16(2)14-17(13-15)20-11-9-7-6-8-10-19-18(3,4)5/h12-14,19H,6-11H2,1-5H3. The fraction of sp³-hybridized carbons (Fsp3) is 0.667. The highest BCUT2D eigenvalue weighted by Gasteiger charge is 2.06. The summed E-state index contributed by atoms with van der Waals surface area (Å²) in [5.74, 6) is 1.01. The highest BCUT2D eigenvalue weighted by molar-refractivity contribution is 5.32. The second kappa shape index (κ2) is 8.31. The first kappa shape index (κ1) is 17.0. The van der Waals surface area contributed by atoms with Crippen LogP contribution in [0.15, 0.2) is 18.2 Å². The van der Waals surface area contributed by atoms with Gasteiger partial charge in [0.15, 0.2) is 0 Å². The number of benzene rings is 1. The van der Waals surface area contributed by atoms with Crippen LogP contribution in [-0.2, 0) is 0 Å². The third kappa shape index (κ3) is 8.21. The van der Waals surface area contributed by atoms with Crippen LogP contribution in [0.1, 0.15) is 57.6 Å². The molecule has 1 aromatic carbocycles. The first-order valence-electron chi connectivity index (χ1n) is 7.83. The Balaban J connectivity index is 2.05. The average Bonchev–Trinajstić information content (AvgIpc) is 2.30. The maximum Gasteiger partial charge on any atom is 0.119 e. The van der Waals surface area contributed by atoms with Gasteiger partial charge in [-0.2, -0.15) is 0 Å². The predicted octanol–water partition coefficient (Wildman–Crippen LogP) is 4.63. The van der Waals surface area contributed by atoms with Gasteiger partial charge in [0, 0.05) is 5.54 Å². The number of unbranched alkanes of at least 4 members (excludes halogenated alkanes) is 3. The van der Waals surface area contributed by atoms with Crippen LogP contribution in [0.2, 0.25) is 0 Å². The van der Waals surface area contributed by atoms with Crippen molar-refractivity contribution in [1.29, 1.82) is 0 Å². The van der Waals surface area contributed by atoms with Crippen molar-refractivity contribution >= 4 is 0 Å². The van der Waals surface area contributed by atoms with E-state index < -0.39 is 0 Å². The van der Waals surface area contributed by atoms with Crippen LogP contribution in [0.5, 0.6) is 5.75 Å². The minimum absolute atomic E-state index is 0.242. The molecule has 0 amide bonds. The van der Waals surface area contributed by atoms with Gasteiger partial charge >= 0.3 is 0 Å². The molecular formula is C18H31NO. The van der Waals surface area contributed by atoms with E-state index in [0.717, 1.165) is 25.3 Å². The van der Waals surface area contributed by atoms with E-state index in [-0.39, 0.29) is 5.54 Å². The number of ether oxygens (including phenoxy) is 1. The van der Waals surface area contributed by atoms with E-state index in [9.17, 15) is 0 Å². The van der Waals surface area contributed by atoms with Crippen molar-refractivity contribution in [2.45, 2.75) is 65.8 Å². The lowest BCUT2D eigenvalue weighted by molar-refractivity contribution is 0.303. The van der Waals surface area contributed by atoms with Gasteiger partial charge in [-0.1, -0.05) is 18.9 Å². The minimum atomic E-state index is 0.242. The Kier molecular flexibility index (Phi) is 7.08. The molecule has 0 saturated heterocycles. The molecule has 1 aromatic rings. The molecule has 0 aliphatic heterocycles. The monoisotopic (exact) mass is 277 g/mol. The maximum absolute atomic E-state index is 5.81. The number of hydrogen-bond acceptors (Lipinski definition) is 2. The Hall–Kier alpha value is -1.02. The molecule has 1 rings (SSSR count). The average molecular weight is 277 g/mol. The van der Waals surface area contributed by atoms with Crippen molar-refractivity contribution in [3.63, 3.8) is 0 Å². The topological polar surface area (TPSA) is 21.3 Å². The normalized spacial score (nSPS) is 11.7. The lowest BCUT2D eigenvalue weighted by Crippen LogP contribution is -2.36. The Bertz CT molecular complexity index is 373. The van der Waals surface area contributed by atoms with Gasteiger partial charge in [0.25, 0.3) is 0 Å². The Labute approximate surface area is 124 Å². The van der Waals surface area contributed by atoms with Crippen LogP contribution in [0.25, 0.3) is 0 Å². The van der Waals surface area contributed by atoms with Crippen molar-refractivity contribution in [2.24, 2.45) is 0 Å². The molecule has 0 heterocycles. The van der Waals surface area contributed by atoms with E-state index in [1.165, 1.54) is 30.4 Å². The van der Waals surface area contributed by atoms with Crippen LogP contribution >= 0.6 is 0 Å². The fourth-order valence-corrected chi connectivity index (χ4v) is 2.25. The summed E-state index contributed by atoms with van der Waals surface area (Å²) < 4.78 is 5.81. The van der Waals surface area contributed by atoms with Gasteiger partial charge in [0.05, 0.1) is 6.61 Å². The quantitative estimate of drug-likeness (QED) is 0.699. The number of aryl methyl sites for hydroxylation is 2. The summed E-state index contributed by atoms with van der Waals surface area (Å²) in [4.78, 5) is 0. The second-order valence-corrected chi connectivity index (χ2v) is 6.76. The highest BCUT2D eigenvalue weighted by Crippen LogP contribution is 2.16. The van der Waals surface area contributed by atoms with Crippen molar-refractivity contribution in [3.05, 3.63) is 29.3 Å². The summed E-state index contributed by atoms with van der Waals surface area (Å²) >= 11 is 0. The van der Waals surface area contributed by atoms with Gasteiger partial charge < -0.3 is 10.1 Å². The number of nitrogens with one attached hydrogen (secondary N) is 1. The van der Waals surface area contributed by atoms with Crippen LogP contribution in [0, 0.1) is 13.8 Å². The van der Waals surface area contributed by atoms with Crippen LogP contribution in [0.4, 0.5) is 0 Å². The van der Waals surface area contributed by atoms with Crippen molar-refractivity contribution in [3.8, 4) is 5.75 Å². The molecule has 0 spiro atoms. The van der Waals surface area contributed by atoms with Gasteiger partial charge in [0.2, 0.25) is 0 Å². The summed E-state index contributed by atoms with van der Waals surface area (Å²) in [6.45, 7) is 12.8. The first-order valence-corrected chi connectivity index (χ1v) is 7.83. The third-order valence-electron chi connectivity index (χ3n) is 3.19. The van der Waals surface area contributed by atoms with Gasteiger partial charge in [-0.05, 0) is 77.3 Å². The molecular weight excluding hydrogens is 246 g/mol. The minimum Gasteiger partial charge on any atom is -0.494 e. The van der Waals surface area contributed by atoms with Crippen molar-refractivity contribution in [1.82, 2.24) is 5.32 Å². The van der Waals surface area contributed by atoms with Crippen LogP contribution in [-0.4, -0.2) is 18.7 Å². The molecule has 0 aliphatic rings. The van der Waals surface area contributed by atoms with Gasteiger partial charge in [-0.15, -0.1) is 0 Å². The molecule has 2 heteroatoms. The number of hydrogen-bond donors (Lipinski definition) is 1. The molecule has 0 fully saturated rings. The summed E-state index contributed by atoms with van der Waals surface area (Å²) in [5, 5.41) is 3.52. The summed E-state index contributed by atoms with van der Waals surface area (Å²) in [6, 6.07) is 6.40. The molecule has 0 aromatic heterocycles. The molecule has 0 unspecified atom stereocenters. The predicted molar refractivity (Wildman–Crippen MR) is 87.6 cm³/mol. The summed E-state index contributed by atoms with van der Waals surface area (Å²) in [7, 11) is 0. The molecule has 0 bridgehead atoms. The molecule has 0 atom stereocenters. The Morgan fingerprint density at radius 3 is 2.10 bits per heavy atom. The molecule has 0 saturated carbocycles. The SMILES string of the molecule is Cc1cc(C)cc(OCCCCCCNC(C)(C)C)c1. The second-order valence-electron chi connectivity index (χ2n) is 6.76. The van der Waals surface area contributed by atoms with Crippen molar-refractivity contribution in [2.75, 3.05) is 13.2 Å². The Morgan fingerprint density at radius 2 is 1.50 bits per heavy atom. The van der Waals surface area contributed by atoms with E-state index in [4.69, 9.17) is 4.74 Å². The zero-order valence-electron chi connectivity index (χ0n) is 13.9. The van der Waals surface area contributed by atoms with E-state index in [2.05, 4.69) is 58.1 Å². The molecule has 0 aliphatic carbocycles. The highest BCUT2D eigenvalue weighted by atomic mass is 16.5.